The minimum absolute atomic E-state index is 0.196. The Morgan fingerprint density at radius 3 is 1.89 bits per heavy atom. The maximum Gasteiger partial charge on any atom is 0.229 e. The smallest absolute Gasteiger partial charge is 0.229 e. The van der Waals surface area contributed by atoms with E-state index in [0.29, 0.717) is 12.0 Å². The summed E-state index contributed by atoms with van der Waals surface area (Å²) >= 11 is 1.46. The first kappa shape index (κ1) is 27.4. The number of ketones is 2. The second-order valence-corrected chi connectivity index (χ2v) is 10.8. The largest absolute Gasteiger partial charge is 0.290 e. The number of benzene rings is 2. The summed E-state index contributed by atoms with van der Waals surface area (Å²) in [5.41, 5.74) is 3.61. The lowest BCUT2D eigenvalue weighted by atomic mass is 10.0. The number of rotatable bonds is 17. The van der Waals surface area contributed by atoms with Gasteiger partial charge in [-0.25, -0.2) is 0 Å². The van der Waals surface area contributed by atoms with Crippen molar-refractivity contribution in [3.63, 3.8) is 0 Å². The monoisotopic (exact) mass is 492 g/mol. The highest BCUT2D eigenvalue weighted by Gasteiger charge is 2.27. The number of unbranched alkanes of at least 4 members (excludes halogenated alkanes) is 12. The third-order valence-electron chi connectivity index (χ3n) is 6.87. The lowest BCUT2D eigenvalue weighted by Crippen LogP contribution is -2.05. The SMILES string of the molecule is O=C1Cc2cc(CCCCCCCCCCCCCCCSC(=O)c3ccccc3)ccc2C1=O. The maximum atomic E-state index is 12.0. The number of aryl methyl sites for hydroxylation is 1. The van der Waals surface area contributed by atoms with Gasteiger partial charge in [0.25, 0.3) is 0 Å². The van der Waals surface area contributed by atoms with Crippen LogP contribution in [-0.4, -0.2) is 22.4 Å². The molecule has 0 radical (unpaired) electrons. The molecule has 3 nitrogen and oxygen atoms in total. The molecule has 2 aromatic carbocycles. The van der Waals surface area contributed by atoms with Crippen LogP contribution in [0, 0.1) is 0 Å². The van der Waals surface area contributed by atoms with Crippen molar-refractivity contribution in [3.05, 3.63) is 70.8 Å². The van der Waals surface area contributed by atoms with Gasteiger partial charge in [-0.3, -0.25) is 14.4 Å². The Balaban J connectivity index is 1.06. The third-order valence-corrected chi connectivity index (χ3v) is 7.86. The molecule has 0 aliphatic heterocycles. The zero-order chi connectivity index (χ0) is 24.7. The van der Waals surface area contributed by atoms with Crippen LogP contribution >= 0.6 is 11.8 Å². The zero-order valence-electron chi connectivity index (χ0n) is 21.1. The first-order valence-electron chi connectivity index (χ1n) is 13.6. The molecule has 0 heterocycles. The zero-order valence-corrected chi connectivity index (χ0v) is 21.9. The van der Waals surface area contributed by atoms with E-state index in [2.05, 4.69) is 6.07 Å². The van der Waals surface area contributed by atoms with Crippen LogP contribution in [0.3, 0.4) is 0 Å². The fourth-order valence-corrected chi connectivity index (χ4v) is 5.61. The van der Waals surface area contributed by atoms with Crippen LogP contribution in [0.25, 0.3) is 0 Å². The molecule has 188 valence electrons. The number of thioether (sulfide) groups is 1. The molecule has 0 bridgehead atoms. The minimum atomic E-state index is -0.311. The van der Waals surface area contributed by atoms with Crippen molar-refractivity contribution in [2.45, 2.75) is 96.3 Å². The van der Waals surface area contributed by atoms with Crippen molar-refractivity contribution in [2.24, 2.45) is 0 Å². The summed E-state index contributed by atoms with van der Waals surface area (Å²) in [5.74, 6) is 0.359. The minimum Gasteiger partial charge on any atom is -0.290 e. The van der Waals surface area contributed by atoms with Gasteiger partial charge in [-0.15, -0.1) is 0 Å². The summed E-state index contributed by atoms with van der Waals surface area (Å²) in [7, 11) is 0. The summed E-state index contributed by atoms with van der Waals surface area (Å²) < 4.78 is 0. The maximum absolute atomic E-state index is 12.0. The van der Waals surface area contributed by atoms with E-state index in [4.69, 9.17) is 0 Å². The van der Waals surface area contributed by atoms with Gasteiger partial charge in [0.2, 0.25) is 16.7 Å². The molecule has 1 aliphatic rings. The van der Waals surface area contributed by atoms with E-state index in [1.165, 1.54) is 94.4 Å². The highest BCUT2D eigenvalue weighted by molar-refractivity contribution is 8.14. The van der Waals surface area contributed by atoms with Gasteiger partial charge < -0.3 is 0 Å². The van der Waals surface area contributed by atoms with Gasteiger partial charge in [-0.1, -0.05) is 131 Å². The first-order valence-corrected chi connectivity index (χ1v) is 14.6. The normalized spacial score (nSPS) is 12.8. The Bertz CT molecular complexity index is 951. The molecule has 4 heteroatoms. The summed E-state index contributed by atoms with van der Waals surface area (Å²) in [6.07, 6.45) is 18.1. The summed E-state index contributed by atoms with van der Waals surface area (Å²) in [6, 6.07) is 15.5. The number of hydrogen-bond donors (Lipinski definition) is 0. The van der Waals surface area contributed by atoms with Crippen molar-refractivity contribution < 1.29 is 14.4 Å². The van der Waals surface area contributed by atoms with Gasteiger partial charge in [-0.05, 0) is 30.4 Å². The van der Waals surface area contributed by atoms with Gasteiger partial charge in [0.05, 0.1) is 0 Å². The average Bonchev–Trinajstić information content (AvgIpc) is 3.16. The number of Topliss-reactive ketones (excluding diaryl/α,β-unsaturated/α-hetero) is 2. The summed E-state index contributed by atoms with van der Waals surface area (Å²) in [5, 5.41) is 0.196. The van der Waals surface area contributed by atoms with Crippen LogP contribution < -0.4 is 0 Å². The molecule has 0 amide bonds. The molecule has 0 fully saturated rings. The third kappa shape index (κ3) is 9.76. The van der Waals surface area contributed by atoms with E-state index in [1.54, 1.807) is 0 Å². The van der Waals surface area contributed by atoms with Crippen molar-refractivity contribution in [2.75, 3.05) is 5.75 Å². The molecule has 0 atom stereocenters. The second kappa shape index (κ2) is 15.7. The second-order valence-electron chi connectivity index (χ2n) is 9.77. The molecule has 0 spiro atoms. The van der Waals surface area contributed by atoms with E-state index >= 15 is 0 Å². The Morgan fingerprint density at radius 1 is 0.686 bits per heavy atom. The standard InChI is InChI=1S/C31H40O3S/c32-29-24-27-23-25(20-21-28(27)30(29)33)17-13-10-8-6-4-2-1-3-5-7-9-11-16-22-35-31(34)26-18-14-12-15-19-26/h12,14-15,18-21,23H,1-11,13,16-17,22,24H2. The van der Waals surface area contributed by atoms with Crippen LogP contribution in [0.5, 0.6) is 0 Å². The van der Waals surface area contributed by atoms with Gasteiger partial charge in [0.1, 0.15) is 0 Å². The predicted octanol–water partition coefficient (Wildman–Crippen LogP) is 8.18. The predicted molar refractivity (Wildman–Crippen MR) is 146 cm³/mol. The van der Waals surface area contributed by atoms with Crippen molar-refractivity contribution in [1.29, 1.82) is 0 Å². The molecular weight excluding hydrogens is 452 g/mol. The van der Waals surface area contributed by atoms with Crippen LogP contribution in [0.2, 0.25) is 0 Å². The molecule has 0 saturated carbocycles. The van der Waals surface area contributed by atoms with Crippen LogP contribution in [0.15, 0.2) is 48.5 Å². The highest BCUT2D eigenvalue weighted by Crippen LogP contribution is 2.22. The fourth-order valence-electron chi connectivity index (χ4n) is 4.77. The highest BCUT2D eigenvalue weighted by atomic mass is 32.2. The van der Waals surface area contributed by atoms with E-state index in [1.807, 2.05) is 42.5 Å². The van der Waals surface area contributed by atoms with Crippen molar-refractivity contribution >= 4 is 28.4 Å². The molecule has 0 saturated heterocycles. The number of carbonyl (C=O) groups is 3. The molecule has 1 aliphatic carbocycles. The topological polar surface area (TPSA) is 51.2 Å². The molecule has 0 N–H and O–H groups in total. The lowest BCUT2D eigenvalue weighted by Gasteiger charge is -2.05. The van der Waals surface area contributed by atoms with E-state index in [-0.39, 0.29) is 16.7 Å². The molecule has 2 aromatic rings. The van der Waals surface area contributed by atoms with Crippen LogP contribution in [0.4, 0.5) is 0 Å². The van der Waals surface area contributed by atoms with Crippen LogP contribution in [0.1, 0.15) is 115 Å². The number of fused-ring (bicyclic) bond motifs is 1. The first-order chi connectivity index (χ1) is 17.1. The van der Waals surface area contributed by atoms with Crippen LogP contribution in [-0.2, 0) is 17.6 Å². The number of hydrogen-bond acceptors (Lipinski definition) is 4. The Hall–Kier alpha value is -2.20. The summed E-state index contributed by atoms with van der Waals surface area (Å²) in [6.45, 7) is 0. The molecule has 3 rings (SSSR count). The van der Waals surface area contributed by atoms with Gasteiger partial charge in [0.15, 0.2) is 0 Å². The van der Waals surface area contributed by atoms with Gasteiger partial charge in [0, 0.05) is 23.3 Å². The van der Waals surface area contributed by atoms with Gasteiger partial charge in [-0.2, -0.15) is 0 Å². The molecular formula is C31H40O3S. The van der Waals surface area contributed by atoms with Gasteiger partial charge >= 0.3 is 0 Å². The van der Waals surface area contributed by atoms with E-state index in [0.717, 1.165) is 29.7 Å². The fraction of sp³-hybridized carbons (Fsp3) is 0.516. The Labute approximate surface area is 215 Å². The van der Waals surface area contributed by atoms with Crippen molar-refractivity contribution in [3.8, 4) is 0 Å². The Kier molecular flexibility index (Phi) is 12.3. The average molecular weight is 493 g/mol. The summed E-state index contributed by atoms with van der Waals surface area (Å²) in [4.78, 5) is 35.3. The molecule has 0 unspecified atom stereocenters. The van der Waals surface area contributed by atoms with Crippen molar-refractivity contribution in [1.82, 2.24) is 0 Å². The Morgan fingerprint density at radius 2 is 1.26 bits per heavy atom. The molecule has 0 aromatic heterocycles. The van der Waals surface area contributed by atoms with E-state index in [9.17, 15) is 14.4 Å². The quantitative estimate of drug-likeness (QED) is 0.165. The van der Waals surface area contributed by atoms with E-state index < -0.39 is 0 Å². The lowest BCUT2D eigenvalue weighted by molar-refractivity contribution is -0.114. The molecule has 35 heavy (non-hydrogen) atoms. The number of carbonyl (C=O) groups excluding carboxylic acids is 3.